The number of carbonyl (C=O) groups excluding carboxylic acids is 1. The predicted molar refractivity (Wildman–Crippen MR) is 75.1 cm³/mol. The van der Waals surface area contributed by atoms with E-state index < -0.39 is 0 Å². The Hall–Kier alpha value is -0.960. The average molecular weight is 264 g/mol. The molecule has 1 aliphatic carbocycles. The van der Waals surface area contributed by atoms with Crippen molar-refractivity contribution in [2.45, 2.75) is 50.5 Å². The molecule has 0 spiro atoms. The van der Waals surface area contributed by atoms with Crippen molar-refractivity contribution >= 4 is 18.6 Å². The van der Waals surface area contributed by atoms with Gasteiger partial charge in [0.2, 0.25) is 0 Å². The predicted octanol–water partition coefficient (Wildman–Crippen LogP) is 4.10. The zero-order valence-electron chi connectivity index (χ0n) is 11.0. The topological polar surface area (TPSA) is 26.3 Å². The van der Waals surface area contributed by atoms with Gasteiger partial charge in [0, 0.05) is 4.90 Å². The second-order valence-electron chi connectivity index (χ2n) is 5.79. The third-order valence-corrected chi connectivity index (χ3v) is 4.07. The summed E-state index contributed by atoms with van der Waals surface area (Å²) in [6.45, 7) is 4.54. The number of rotatable bonds is 2. The number of esters is 1. The zero-order valence-corrected chi connectivity index (χ0v) is 11.9. The molecule has 0 radical (unpaired) electrons. The fourth-order valence-electron chi connectivity index (χ4n) is 2.35. The number of carbonyl (C=O) groups is 1. The van der Waals surface area contributed by atoms with E-state index in [2.05, 4.69) is 26.5 Å². The molecule has 2 rings (SSSR count). The summed E-state index contributed by atoms with van der Waals surface area (Å²) in [4.78, 5) is 12.7. The van der Waals surface area contributed by atoms with Crippen molar-refractivity contribution in [2.24, 2.45) is 5.41 Å². The largest absolute Gasteiger partial charge is 0.459 e. The molecule has 0 atom stereocenters. The van der Waals surface area contributed by atoms with E-state index in [1.54, 1.807) is 6.07 Å². The number of hydrogen-bond acceptors (Lipinski definition) is 3. The van der Waals surface area contributed by atoms with Crippen LogP contribution in [0.25, 0.3) is 0 Å². The molecule has 1 aromatic carbocycles. The van der Waals surface area contributed by atoms with Gasteiger partial charge in [-0.2, -0.15) is 0 Å². The average Bonchev–Trinajstić information content (AvgIpc) is 2.32. The summed E-state index contributed by atoms with van der Waals surface area (Å²) in [7, 11) is 0. The highest BCUT2D eigenvalue weighted by atomic mass is 32.1. The molecule has 2 nitrogen and oxygen atoms in total. The molecule has 3 heteroatoms. The third kappa shape index (κ3) is 3.29. The second-order valence-corrected chi connectivity index (χ2v) is 6.27. The summed E-state index contributed by atoms with van der Waals surface area (Å²) in [6, 6.07) is 7.27. The maximum atomic E-state index is 12.0. The Balaban J connectivity index is 1.95. The van der Waals surface area contributed by atoms with Crippen molar-refractivity contribution in [3.63, 3.8) is 0 Å². The smallest absolute Gasteiger partial charge is 0.339 e. The second kappa shape index (κ2) is 5.35. The molecule has 18 heavy (non-hydrogen) atoms. The lowest BCUT2D eigenvalue weighted by Crippen LogP contribution is -2.28. The van der Waals surface area contributed by atoms with Crippen molar-refractivity contribution in [3.8, 4) is 0 Å². The molecule has 0 heterocycles. The molecule has 0 amide bonds. The van der Waals surface area contributed by atoms with E-state index in [4.69, 9.17) is 4.74 Å². The highest BCUT2D eigenvalue weighted by molar-refractivity contribution is 7.80. The van der Waals surface area contributed by atoms with Crippen LogP contribution < -0.4 is 0 Å². The van der Waals surface area contributed by atoms with Crippen LogP contribution in [0.3, 0.4) is 0 Å². The van der Waals surface area contributed by atoms with E-state index in [1.807, 2.05) is 18.2 Å². The molecule has 0 aromatic heterocycles. The Kier molecular flexibility index (Phi) is 4.00. The Morgan fingerprint density at radius 2 is 1.89 bits per heavy atom. The fourth-order valence-corrected chi connectivity index (χ4v) is 2.60. The van der Waals surface area contributed by atoms with Crippen molar-refractivity contribution < 1.29 is 9.53 Å². The van der Waals surface area contributed by atoms with Gasteiger partial charge in [0.25, 0.3) is 0 Å². The zero-order chi connectivity index (χ0) is 13.2. The van der Waals surface area contributed by atoms with Gasteiger partial charge >= 0.3 is 5.97 Å². The summed E-state index contributed by atoms with van der Waals surface area (Å²) >= 11 is 4.28. The third-order valence-electron chi connectivity index (χ3n) is 3.68. The summed E-state index contributed by atoms with van der Waals surface area (Å²) in [5, 5.41) is 0. The lowest BCUT2D eigenvalue weighted by Gasteiger charge is -2.33. The van der Waals surface area contributed by atoms with Gasteiger partial charge in [-0.05, 0) is 43.2 Å². The SMILES string of the molecule is CC1(C)CCC(OC(=O)c2ccccc2S)CC1. The maximum absolute atomic E-state index is 12.0. The minimum Gasteiger partial charge on any atom is -0.459 e. The minimum atomic E-state index is -0.245. The molecule has 0 bridgehead atoms. The number of thiol groups is 1. The summed E-state index contributed by atoms with van der Waals surface area (Å²) in [5.41, 5.74) is 0.954. The van der Waals surface area contributed by atoms with Crippen LogP contribution in [0.1, 0.15) is 49.9 Å². The molecule has 0 unspecified atom stereocenters. The van der Waals surface area contributed by atoms with Crippen LogP contribution in [0.2, 0.25) is 0 Å². The van der Waals surface area contributed by atoms with Gasteiger partial charge in [-0.15, -0.1) is 12.6 Å². The van der Waals surface area contributed by atoms with Gasteiger partial charge < -0.3 is 4.74 Å². The summed E-state index contributed by atoms with van der Waals surface area (Å²) < 4.78 is 5.56. The van der Waals surface area contributed by atoms with E-state index in [-0.39, 0.29) is 12.1 Å². The van der Waals surface area contributed by atoms with Crippen LogP contribution in [-0.2, 0) is 4.74 Å². The quantitative estimate of drug-likeness (QED) is 0.643. The summed E-state index contributed by atoms with van der Waals surface area (Å²) in [5.74, 6) is -0.245. The van der Waals surface area contributed by atoms with E-state index in [9.17, 15) is 4.79 Å². The summed E-state index contributed by atoms with van der Waals surface area (Å²) in [6.07, 6.45) is 4.24. The van der Waals surface area contributed by atoms with Crippen LogP contribution >= 0.6 is 12.6 Å². The van der Waals surface area contributed by atoms with Crippen LogP contribution in [-0.4, -0.2) is 12.1 Å². The first kappa shape index (κ1) is 13.5. The van der Waals surface area contributed by atoms with Gasteiger partial charge in [0.1, 0.15) is 6.10 Å². The first-order valence-corrected chi connectivity index (χ1v) is 6.92. The highest BCUT2D eigenvalue weighted by Crippen LogP contribution is 2.36. The standard InChI is InChI=1S/C15H20O2S/c1-15(2)9-7-11(8-10-15)17-14(16)12-5-3-4-6-13(12)18/h3-6,11,18H,7-10H2,1-2H3. The van der Waals surface area contributed by atoms with E-state index in [0.29, 0.717) is 15.9 Å². The molecule has 0 saturated heterocycles. The molecule has 1 saturated carbocycles. The minimum absolute atomic E-state index is 0.0680. The molecular formula is C15H20O2S. The first-order chi connectivity index (χ1) is 8.48. The van der Waals surface area contributed by atoms with Crippen molar-refractivity contribution in [1.82, 2.24) is 0 Å². The monoisotopic (exact) mass is 264 g/mol. The van der Waals surface area contributed by atoms with E-state index >= 15 is 0 Å². The normalized spacial score (nSPS) is 19.5. The van der Waals surface area contributed by atoms with Crippen molar-refractivity contribution in [1.29, 1.82) is 0 Å². The van der Waals surface area contributed by atoms with Crippen LogP contribution in [0, 0.1) is 5.41 Å². The first-order valence-electron chi connectivity index (χ1n) is 6.47. The Labute approximate surface area is 114 Å². The van der Waals surface area contributed by atoms with Crippen molar-refractivity contribution in [3.05, 3.63) is 29.8 Å². The van der Waals surface area contributed by atoms with Crippen LogP contribution in [0.15, 0.2) is 29.2 Å². The molecule has 0 N–H and O–H groups in total. The lowest BCUT2D eigenvalue weighted by atomic mass is 9.76. The van der Waals surface area contributed by atoms with Crippen LogP contribution in [0.5, 0.6) is 0 Å². The van der Waals surface area contributed by atoms with Crippen molar-refractivity contribution in [2.75, 3.05) is 0 Å². The fraction of sp³-hybridized carbons (Fsp3) is 0.533. The van der Waals surface area contributed by atoms with E-state index in [0.717, 1.165) is 25.7 Å². The number of benzene rings is 1. The van der Waals surface area contributed by atoms with Gasteiger partial charge in [0.05, 0.1) is 5.56 Å². The molecule has 0 aliphatic heterocycles. The molecule has 1 aromatic rings. The lowest BCUT2D eigenvalue weighted by molar-refractivity contribution is 0.00916. The van der Waals surface area contributed by atoms with Gasteiger partial charge in [-0.3, -0.25) is 0 Å². The molecule has 98 valence electrons. The Morgan fingerprint density at radius 3 is 2.50 bits per heavy atom. The molecule has 1 fully saturated rings. The van der Waals surface area contributed by atoms with Crippen LogP contribution in [0.4, 0.5) is 0 Å². The molecular weight excluding hydrogens is 244 g/mol. The number of hydrogen-bond donors (Lipinski definition) is 1. The van der Waals surface area contributed by atoms with Gasteiger partial charge in [0.15, 0.2) is 0 Å². The van der Waals surface area contributed by atoms with E-state index in [1.165, 1.54) is 0 Å². The van der Waals surface area contributed by atoms with Gasteiger partial charge in [-0.25, -0.2) is 4.79 Å². The maximum Gasteiger partial charge on any atom is 0.339 e. The highest BCUT2D eigenvalue weighted by Gasteiger charge is 2.29. The van der Waals surface area contributed by atoms with Gasteiger partial charge in [-0.1, -0.05) is 26.0 Å². The molecule has 1 aliphatic rings. The number of ether oxygens (including phenoxy) is 1. The Bertz CT molecular complexity index is 430. The Morgan fingerprint density at radius 1 is 1.28 bits per heavy atom.